The first-order chi connectivity index (χ1) is 14.7. The summed E-state index contributed by atoms with van der Waals surface area (Å²) in [6.45, 7) is 4.23. The molecule has 0 unspecified atom stereocenters. The van der Waals surface area contributed by atoms with Crippen LogP contribution in [0.15, 0.2) is 66.7 Å². The van der Waals surface area contributed by atoms with E-state index < -0.39 is 0 Å². The fourth-order valence-corrected chi connectivity index (χ4v) is 3.59. The highest BCUT2D eigenvalue weighted by Gasteiger charge is 2.06. The van der Waals surface area contributed by atoms with E-state index in [0.29, 0.717) is 13.2 Å². The third-order valence-corrected chi connectivity index (χ3v) is 5.29. The Bertz CT molecular complexity index is 1070. The van der Waals surface area contributed by atoms with Crippen LogP contribution in [0.3, 0.4) is 0 Å². The number of ether oxygens (including phenoxy) is 1. The van der Waals surface area contributed by atoms with Crippen molar-refractivity contribution in [3.8, 4) is 5.75 Å². The van der Waals surface area contributed by atoms with Gasteiger partial charge in [0.05, 0.1) is 11.0 Å². The van der Waals surface area contributed by atoms with Crippen molar-refractivity contribution in [2.45, 2.75) is 32.9 Å². The molecule has 2 N–H and O–H groups in total. The molecule has 0 saturated heterocycles. The number of nitrogens with one attached hydrogen (secondary N) is 2. The van der Waals surface area contributed by atoms with Gasteiger partial charge in [-0.15, -0.1) is 0 Å². The third kappa shape index (κ3) is 5.41. The molecule has 0 aliphatic rings. The van der Waals surface area contributed by atoms with Crippen LogP contribution in [0.1, 0.15) is 28.9 Å². The Labute approximate surface area is 182 Å². The highest BCUT2D eigenvalue weighted by atomic mass is 35.5. The summed E-state index contributed by atoms with van der Waals surface area (Å²) < 4.78 is 6.06. The molecule has 154 valence electrons. The van der Waals surface area contributed by atoms with E-state index in [9.17, 15) is 0 Å². The van der Waals surface area contributed by atoms with E-state index in [4.69, 9.17) is 16.3 Å². The van der Waals surface area contributed by atoms with Crippen molar-refractivity contribution < 1.29 is 4.74 Å². The number of halogens is 1. The number of benzene rings is 3. The van der Waals surface area contributed by atoms with Crippen molar-refractivity contribution in [1.29, 1.82) is 0 Å². The van der Waals surface area contributed by atoms with Gasteiger partial charge in [0.2, 0.25) is 0 Å². The maximum atomic E-state index is 6.21. The molecule has 3 aromatic carbocycles. The minimum absolute atomic E-state index is 0.543. The zero-order valence-corrected chi connectivity index (χ0v) is 17.9. The lowest BCUT2D eigenvalue weighted by Crippen LogP contribution is -2.16. The molecule has 1 aromatic heterocycles. The van der Waals surface area contributed by atoms with Gasteiger partial charge in [0.15, 0.2) is 0 Å². The van der Waals surface area contributed by atoms with Gasteiger partial charge in [-0.05, 0) is 55.8 Å². The first kappa shape index (κ1) is 20.5. The number of para-hydroxylation sites is 2. The SMILES string of the molecule is Cc1ccc(COc2ccc(Cl)cc2CNCCCc2nc3ccccc3[nH]2)cc1. The van der Waals surface area contributed by atoms with E-state index in [-0.39, 0.29) is 0 Å². The lowest BCUT2D eigenvalue weighted by molar-refractivity contribution is 0.302. The molecule has 1 heterocycles. The number of aromatic nitrogens is 2. The molecular formula is C25H26ClN3O. The summed E-state index contributed by atoms with van der Waals surface area (Å²) in [5.74, 6) is 1.90. The molecule has 0 aliphatic carbocycles. The highest BCUT2D eigenvalue weighted by Crippen LogP contribution is 2.24. The Morgan fingerprint density at radius 3 is 2.70 bits per heavy atom. The molecule has 30 heavy (non-hydrogen) atoms. The molecule has 0 fully saturated rings. The third-order valence-electron chi connectivity index (χ3n) is 5.06. The van der Waals surface area contributed by atoms with Crippen LogP contribution in [0.2, 0.25) is 5.02 Å². The highest BCUT2D eigenvalue weighted by molar-refractivity contribution is 6.30. The van der Waals surface area contributed by atoms with Gasteiger partial charge in [-0.2, -0.15) is 0 Å². The van der Waals surface area contributed by atoms with Gasteiger partial charge in [0.1, 0.15) is 18.2 Å². The van der Waals surface area contributed by atoms with Crippen LogP contribution in [0.25, 0.3) is 11.0 Å². The maximum absolute atomic E-state index is 6.21. The number of nitrogens with zero attached hydrogens (tertiary/aromatic N) is 1. The van der Waals surface area contributed by atoms with Crippen molar-refractivity contribution in [1.82, 2.24) is 15.3 Å². The summed E-state index contributed by atoms with van der Waals surface area (Å²) in [5.41, 5.74) is 5.58. The number of rotatable bonds is 9. The molecule has 4 aromatic rings. The molecule has 0 bridgehead atoms. The topological polar surface area (TPSA) is 49.9 Å². The van der Waals surface area contributed by atoms with Crippen LogP contribution in [0, 0.1) is 6.92 Å². The summed E-state index contributed by atoms with van der Waals surface area (Å²) in [7, 11) is 0. The van der Waals surface area contributed by atoms with E-state index in [1.807, 2.05) is 36.4 Å². The van der Waals surface area contributed by atoms with Crippen molar-refractivity contribution in [3.63, 3.8) is 0 Å². The van der Waals surface area contributed by atoms with Crippen LogP contribution in [-0.2, 0) is 19.6 Å². The quantitative estimate of drug-likeness (QED) is 0.336. The predicted molar refractivity (Wildman–Crippen MR) is 123 cm³/mol. The van der Waals surface area contributed by atoms with Crippen LogP contribution >= 0.6 is 11.6 Å². The molecule has 4 nitrogen and oxygen atoms in total. The standard InChI is InChI=1S/C25H26ClN3O/c1-18-8-10-19(11-9-18)17-30-24-13-12-21(26)15-20(24)16-27-14-4-7-25-28-22-5-2-3-6-23(22)29-25/h2-3,5-6,8-13,15,27H,4,7,14,16-17H2,1H3,(H,28,29). The minimum atomic E-state index is 0.543. The minimum Gasteiger partial charge on any atom is -0.489 e. The Kier molecular flexibility index (Phi) is 6.67. The number of imidazole rings is 1. The number of hydrogen-bond acceptors (Lipinski definition) is 3. The summed E-state index contributed by atoms with van der Waals surface area (Å²) in [4.78, 5) is 8.01. The number of fused-ring (bicyclic) bond motifs is 1. The Balaban J connectivity index is 1.28. The van der Waals surface area contributed by atoms with Gasteiger partial charge in [0.25, 0.3) is 0 Å². The summed E-state index contributed by atoms with van der Waals surface area (Å²) >= 11 is 6.21. The van der Waals surface area contributed by atoms with E-state index in [1.54, 1.807) is 0 Å². The van der Waals surface area contributed by atoms with E-state index in [2.05, 4.69) is 52.5 Å². The van der Waals surface area contributed by atoms with Crippen molar-refractivity contribution in [3.05, 3.63) is 94.3 Å². The number of H-pyrrole nitrogens is 1. The molecule has 0 radical (unpaired) electrons. The summed E-state index contributed by atoms with van der Waals surface area (Å²) in [6.07, 6.45) is 1.91. The largest absolute Gasteiger partial charge is 0.489 e. The van der Waals surface area contributed by atoms with Crippen LogP contribution in [0.5, 0.6) is 5.75 Å². The van der Waals surface area contributed by atoms with Gasteiger partial charge in [0, 0.05) is 23.6 Å². The average Bonchev–Trinajstić information content (AvgIpc) is 3.17. The predicted octanol–water partition coefficient (Wildman–Crippen LogP) is 5.83. The number of hydrogen-bond donors (Lipinski definition) is 2. The van der Waals surface area contributed by atoms with Crippen LogP contribution < -0.4 is 10.1 Å². The molecule has 4 rings (SSSR count). The Morgan fingerprint density at radius 1 is 1.03 bits per heavy atom. The molecule has 0 aliphatic heterocycles. The normalized spacial score (nSPS) is 11.1. The van der Waals surface area contributed by atoms with Gasteiger partial charge in [-0.1, -0.05) is 53.6 Å². The van der Waals surface area contributed by atoms with Gasteiger partial charge >= 0.3 is 0 Å². The fourth-order valence-electron chi connectivity index (χ4n) is 3.40. The second-order valence-electron chi connectivity index (χ2n) is 7.51. The van der Waals surface area contributed by atoms with E-state index in [1.165, 1.54) is 5.56 Å². The zero-order chi connectivity index (χ0) is 20.8. The first-order valence-electron chi connectivity index (χ1n) is 10.3. The molecule has 5 heteroatoms. The van der Waals surface area contributed by atoms with Gasteiger partial charge in [-0.3, -0.25) is 0 Å². The second kappa shape index (κ2) is 9.79. The van der Waals surface area contributed by atoms with Crippen molar-refractivity contribution in [2.75, 3.05) is 6.54 Å². The van der Waals surface area contributed by atoms with Gasteiger partial charge < -0.3 is 15.0 Å². The monoisotopic (exact) mass is 419 g/mol. The molecule has 0 saturated carbocycles. The number of aryl methyl sites for hydroxylation is 2. The van der Waals surface area contributed by atoms with Gasteiger partial charge in [-0.25, -0.2) is 4.98 Å². The maximum Gasteiger partial charge on any atom is 0.124 e. The lowest BCUT2D eigenvalue weighted by atomic mass is 10.1. The first-order valence-corrected chi connectivity index (χ1v) is 10.7. The zero-order valence-electron chi connectivity index (χ0n) is 17.1. The molecule has 0 spiro atoms. The smallest absolute Gasteiger partial charge is 0.124 e. The fraction of sp³-hybridized carbons (Fsp3) is 0.240. The summed E-state index contributed by atoms with van der Waals surface area (Å²) in [6, 6.07) is 22.3. The molecular weight excluding hydrogens is 394 g/mol. The Morgan fingerprint density at radius 2 is 1.87 bits per heavy atom. The van der Waals surface area contributed by atoms with Crippen molar-refractivity contribution >= 4 is 22.6 Å². The Hall–Kier alpha value is -2.82. The second-order valence-corrected chi connectivity index (χ2v) is 7.94. The molecule has 0 amide bonds. The molecule has 0 atom stereocenters. The lowest BCUT2D eigenvalue weighted by Gasteiger charge is -2.13. The van der Waals surface area contributed by atoms with Crippen molar-refractivity contribution in [2.24, 2.45) is 0 Å². The number of aromatic amines is 1. The van der Waals surface area contributed by atoms with E-state index in [0.717, 1.165) is 58.1 Å². The van der Waals surface area contributed by atoms with Crippen LogP contribution in [-0.4, -0.2) is 16.5 Å². The van der Waals surface area contributed by atoms with E-state index >= 15 is 0 Å². The summed E-state index contributed by atoms with van der Waals surface area (Å²) in [5, 5.41) is 4.22. The average molecular weight is 420 g/mol. The van der Waals surface area contributed by atoms with Crippen LogP contribution in [0.4, 0.5) is 0 Å².